The molecule has 1 saturated heterocycles. The summed E-state index contributed by atoms with van der Waals surface area (Å²) in [6, 6.07) is 6.24. The number of aromatic nitrogens is 1. The van der Waals surface area contributed by atoms with Crippen LogP contribution in [0.25, 0.3) is 0 Å². The third kappa shape index (κ3) is 3.96. The van der Waals surface area contributed by atoms with Gasteiger partial charge >= 0.3 is 0 Å². The molecule has 1 aliphatic heterocycles. The van der Waals surface area contributed by atoms with Crippen LogP contribution < -0.4 is 0 Å². The predicted octanol–water partition coefficient (Wildman–Crippen LogP) is 3.88. The van der Waals surface area contributed by atoms with E-state index in [-0.39, 0.29) is 17.8 Å². The van der Waals surface area contributed by atoms with Crippen molar-refractivity contribution in [2.24, 2.45) is 0 Å². The smallest absolute Gasteiger partial charge is 0.254 e. The Morgan fingerprint density at radius 1 is 1.42 bits per heavy atom. The number of benzene rings is 1. The third-order valence-corrected chi connectivity index (χ3v) is 4.91. The topological polar surface area (TPSA) is 55.6 Å². The van der Waals surface area contributed by atoms with Gasteiger partial charge in [0, 0.05) is 20.1 Å². The number of nitrogens with zero attached hydrogens (tertiary/aromatic N) is 2. The van der Waals surface area contributed by atoms with E-state index in [9.17, 15) is 9.18 Å². The molecule has 1 atom stereocenters. The normalized spacial score (nSPS) is 18.2. The van der Waals surface area contributed by atoms with E-state index in [1.807, 2.05) is 11.0 Å². The quantitative estimate of drug-likeness (QED) is 0.812. The summed E-state index contributed by atoms with van der Waals surface area (Å²) >= 11 is 0. The van der Waals surface area contributed by atoms with E-state index in [0.29, 0.717) is 24.6 Å². The Balaban J connectivity index is 1.78. The minimum absolute atomic E-state index is 0.0606. The van der Waals surface area contributed by atoms with Gasteiger partial charge in [-0.2, -0.15) is 0 Å². The molecule has 0 N–H and O–H groups in total. The molecule has 2 aromatic rings. The zero-order valence-corrected chi connectivity index (χ0v) is 15.5. The van der Waals surface area contributed by atoms with Gasteiger partial charge in [-0.15, -0.1) is 0 Å². The first-order chi connectivity index (χ1) is 12.4. The van der Waals surface area contributed by atoms with Gasteiger partial charge in [0.2, 0.25) is 5.89 Å². The summed E-state index contributed by atoms with van der Waals surface area (Å²) < 4.78 is 24.6. The molecule has 6 heteroatoms. The first-order valence-corrected chi connectivity index (χ1v) is 8.96. The molecule has 140 valence electrons. The highest BCUT2D eigenvalue weighted by atomic mass is 19.1. The Hall–Kier alpha value is -2.21. The van der Waals surface area contributed by atoms with Gasteiger partial charge in [0.25, 0.3) is 5.91 Å². The van der Waals surface area contributed by atoms with Crippen molar-refractivity contribution in [2.75, 3.05) is 13.7 Å². The van der Waals surface area contributed by atoms with Gasteiger partial charge < -0.3 is 14.1 Å². The molecule has 1 aromatic carbocycles. The van der Waals surface area contributed by atoms with Crippen LogP contribution in [0.5, 0.6) is 0 Å². The molecule has 0 spiro atoms. The van der Waals surface area contributed by atoms with Gasteiger partial charge in [-0.3, -0.25) is 4.79 Å². The minimum atomic E-state index is -0.882. The van der Waals surface area contributed by atoms with E-state index >= 15 is 0 Å². The molecule has 0 unspecified atom stereocenters. The van der Waals surface area contributed by atoms with Gasteiger partial charge in [-0.1, -0.05) is 12.1 Å². The number of piperidine rings is 1. The predicted molar refractivity (Wildman–Crippen MR) is 95.1 cm³/mol. The summed E-state index contributed by atoms with van der Waals surface area (Å²) in [5, 5.41) is 0. The molecular formula is C20H25FN2O3. The SMILES string of the molecule is COC(C)(C)C(=O)N1CCCC[C@H]1c1ncc(Cc2cccc(F)c2)o1. The van der Waals surface area contributed by atoms with Gasteiger partial charge in [-0.05, 0) is 50.8 Å². The van der Waals surface area contributed by atoms with Crippen LogP contribution in [-0.4, -0.2) is 35.0 Å². The fraction of sp³-hybridized carbons (Fsp3) is 0.500. The fourth-order valence-corrected chi connectivity index (χ4v) is 3.27. The number of likely N-dealkylation sites (tertiary alicyclic amines) is 1. The first kappa shape index (κ1) is 18.6. The summed E-state index contributed by atoms with van der Waals surface area (Å²) in [4.78, 5) is 19.1. The van der Waals surface area contributed by atoms with Crippen molar-refractivity contribution in [3.8, 4) is 0 Å². The van der Waals surface area contributed by atoms with Crippen molar-refractivity contribution < 1.29 is 18.3 Å². The molecule has 0 saturated carbocycles. The third-order valence-electron chi connectivity index (χ3n) is 4.91. The number of hydrogen-bond acceptors (Lipinski definition) is 4. The first-order valence-electron chi connectivity index (χ1n) is 8.96. The minimum Gasteiger partial charge on any atom is -0.443 e. The molecular weight excluding hydrogens is 335 g/mol. The number of carbonyl (C=O) groups excluding carboxylic acids is 1. The lowest BCUT2D eigenvalue weighted by atomic mass is 9.98. The number of oxazole rings is 1. The Bertz CT molecular complexity index is 772. The molecule has 26 heavy (non-hydrogen) atoms. The van der Waals surface area contributed by atoms with Crippen molar-refractivity contribution >= 4 is 5.91 Å². The number of methoxy groups -OCH3 is 1. The number of hydrogen-bond donors (Lipinski definition) is 0. The molecule has 0 aliphatic carbocycles. The van der Waals surface area contributed by atoms with E-state index in [0.717, 1.165) is 24.8 Å². The Kier molecular flexibility index (Phi) is 5.41. The maximum Gasteiger partial charge on any atom is 0.254 e. The van der Waals surface area contributed by atoms with E-state index in [1.54, 1.807) is 33.2 Å². The van der Waals surface area contributed by atoms with Crippen LogP contribution in [0, 0.1) is 5.82 Å². The second-order valence-electron chi connectivity index (χ2n) is 7.20. The van der Waals surface area contributed by atoms with Crippen LogP contribution in [0.15, 0.2) is 34.9 Å². The summed E-state index contributed by atoms with van der Waals surface area (Å²) in [5.41, 5.74) is -0.0585. The molecule has 5 nitrogen and oxygen atoms in total. The van der Waals surface area contributed by atoms with Crippen molar-refractivity contribution in [3.05, 3.63) is 53.5 Å². The molecule has 1 aromatic heterocycles. The van der Waals surface area contributed by atoms with Crippen LogP contribution in [0.3, 0.4) is 0 Å². The molecule has 0 radical (unpaired) electrons. The molecule has 0 bridgehead atoms. The van der Waals surface area contributed by atoms with Crippen molar-refractivity contribution in [1.82, 2.24) is 9.88 Å². The van der Waals surface area contributed by atoms with Crippen molar-refractivity contribution in [3.63, 3.8) is 0 Å². The highest BCUT2D eigenvalue weighted by molar-refractivity contribution is 5.84. The molecule has 3 rings (SSSR count). The van der Waals surface area contributed by atoms with Gasteiger partial charge in [0.1, 0.15) is 23.2 Å². The monoisotopic (exact) mass is 360 g/mol. The van der Waals surface area contributed by atoms with Crippen LogP contribution >= 0.6 is 0 Å². The average molecular weight is 360 g/mol. The van der Waals surface area contributed by atoms with E-state index in [1.165, 1.54) is 12.1 Å². The van der Waals surface area contributed by atoms with Crippen LogP contribution in [0.4, 0.5) is 4.39 Å². The lowest BCUT2D eigenvalue weighted by molar-refractivity contribution is -0.155. The van der Waals surface area contributed by atoms with E-state index in [4.69, 9.17) is 9.15 Å². The average Bonchev–Trinajstić information content (AvgIpc) is 3.09. The second kappa shape index (κ2) is 7.58. The van der Waals surface area contributed by atoms with Gasteiger partial charge in [0.15, 0.2) is 0 Å². The number of rotatable bonds is 5. The molecule has 1 amide bonds. The summed E-state index contributed by atoms with van der Waals surface area (Å²) in [7, 11) is 1.54. The zero-order valence-electron chi connectivity index (χ0n) is 15.5. The van der Waals surface area contributed by atoms with E-state index < -0.39 is 5.60 Å². The van der Waals surface area contributed by atoms with Gasteiger partial charge in [0.05, 0.1) is 6.20 Å². The Morgan fingerprint density at radius 2 is 2.23 bits per heavy atom. The van der Waals surface area contributed by atoms with Crippen LogP contribution in [-0.2, 0) is 16.0 Å². The van der Waals surface area contributed by atoms with Crippen LogP contribution in [0.2, 0.25) is 0 Å². The Morgan fingerprint density at radius 3 is 2.96 bits per heavy atom. The molecule has 1 fully saturated rings. The number of carbonyl (C=O) groups is 1. The maximum absolute atomic E-state index is 13.3. The Labute approximate surface area is 153 Å². The number of ether oxygens (including phenoxy) is 1. The molecule has 1 aliphatic rings. The highest BCUT2D eigenvalue weighted by Gasteiger charge is 2.38. The van der Waals surface area contributed by atoms with E-state index in [2.05, 4.69) is 4.98 Å². The van der Waals surface area contributed by atoms with Gasteiger partial charge in [-0.25, -0.2) is 9.37 Å². The zero-order chi connectivity index (χ0) is 18.7. The second-order valence-corrected chi connectivity index (χ2v) is 7.20. The summed E-state index contributed by atoms with van der Waals surface area (Å²) in [6.07, 6.45) is 4.92. The number of halogens is 1. The van der Waals surface area contributed by atoms with Crippen molar-refractivity contribution in [1.29, 1.82) is 0 Å². The highest BCUT2D eigenvalue weighted by Crippen LogP contribution is 2.33. The largest absolute Gasteiger partial charge is 0.443 e. The maximum atomic E-state index is 13.3. The molecule has 2 heterocycles. The number of amides is 1. The van der Waals surface area contributed by atoms with Crippen LogP contribution in [0.1, 0.15) is 56.4 Å². The lowest BCUT2D eigenvalue weighted by Crippen LogP contribution is -2.49. The summed E-state index contributed by atoms with van der Waals surface area (Å²) in [6.45, 7) is 4.20. The lowest BCUT2D eigenvalue weighted by Gasteiger charge is -2.38. The standard InChI is InChI=1S/C20H25FN2O3/c1-20(2,25-3)19(24)23-10-5-4-9-17(23)18-22-13-16(26-18)12-14-7-6-8-15(21)11-14/h6-8,11,13,17H,4-5,9-10,12H2,1-3H3/t17-/m0/s1. The summed E-state index contributed by atoms with van der Waals surface area (Å²) in [5.74, 6) is 0.869. The van der Waals surface area contributed by atoms with Crippen molar-refractivity contribution in [2.45, 2.75) is 51.2 Å². The fourth-order valence-electron chi connectivity index (χ4n) is 3.27.